The van der Waals surface area contributed by atoms with E-state index in [-0.39, 0.29) is 0 Å². The van der Waals surface area contributed by atoms with Gasteiger partial charge >= 0.3 is 0 Å². The lowest BCUT2D eigenvalue weighted by Gasteiger charge is -2.24. The Balaban J connectivity index is 2.47. The van der Waals surface area contributed by atoms with Crippen LogP contribution in [-0.2, 0) is 0 Å². The molecule has 96 valence electrons. The Morgan fingerprint density at radius 2 is 1.94 bits per heavy atom. The molecular formula is C14H24N2O. The first-order valence-corrected chi connectivity index (χ1v) is 6.26. The number of benzene rings is 1. The van der Waals surface area contributed by atoms with Gasteiger partial charge in [0, 0.05) is 25.3 Å². The number of nitrogens with one attached hydrogen (secondary N) is 1. The minimum atomic E-state index is 0.502. The number of ether oxygens (including phenoxy) is 1. The Morgan fingerprint density at radius 1 is 1.29 bits per heavy atom. The summed E-state index contributed by atoms with van der Waals surface area (Å²) < 4.78 is 5.15. The first kappa shape index (κ1) is 13.8. The van der Waals surface area contributed by atoms with Gasteiger partial charge < -0.3 is 15.0 Å². The van der Waals surface area contributed by atoms with Crippen LogP contribution in [0.3, 0.4) is 0 Å². The summed E-state index contributed by atoms with van der Waals surface area (Å²) >= 11 is 0. The molecular weight excluding hydrogens is 212 g/mol. The zero-order chi connectivity index (χ0) is 12.7. The van der Waals surface area contributed by atoms with Gasteiger partial charge in [0.05, 0.1) is 7.11 Å². The van der Waals surface area contributed by atoms with Crippen LogP contribution in [0.15, 0.2) is 24.3 Å². The van der Waals surface area contributed by atoms with E-state index in [4.69, 9.17) is 4.74 Å². The van der Waals surface area contributed by atoms with Crippen molar-refractivity contribution in [3.8, 4) is 5.75 Å². The molecule has 0 fully saturated rings. The number of methoxy groups -OCH3 is 1. The van der Waals surface area contributed by atoms with E-state index in [1.54, 1.807) is 7.11 Å². The van der Waals surface area contributed by atoms with Gasteiger partial charge in [0.1, 0.15) is 5.75 Å². The fourth-order valence-corrected chi connectivity index (χ4v) is 1.81. The molecule has 0 heterocycles. The van der Waals surface area contributed by atoms with Crippen LogP contribution in [0.4, 0.5) is 5.69 Å². The lowest BCUT2D eigenvalue weighted by Crippen LogP contribution is -2.37. The molecule has 1 atom stereocenters. The number of nitrogens with zero attached hydrogens (tertiary/aromatic N) is 1. The third-order valence-corrected chi connectivity index (χ3v) is 2.80. The van der Waals surface area contributed by atoms with E-state index in [2.05, 4.69) is 43.2 Å². The minimum Gasteiger partial charge on any atom is -0.497 e. The molecule has 0 aliphatic carbocycles. The molecule has 1 aromatic carbocycles. The Labute approximate surface area is 105 Å². The highest BCUT2D eigenvalue weighted by Crippen LogP contribution is 2.18. The van der Waals surface area contributed by atoms with Gasteiger partial charge in [-0.2, -0.15) is 0 Å². The predicted octanol–water partition coefficient (Wildman–Crippen LogP) is 2.52. The monoisotopic (exact) mass is 236 g/mol. The lowest BCUT2D eigenvalue weighted by molar-refractivity contribution is 0.415. The second-order valence-corrected chi connectivity index (χ2v) is 4.43. The Hall–Kier alpha value is -1.22. The summed E-state index contributed by atoms with van der Waals surface area (Å²) in [6.07, 6.45) is 1.18. The smallest absolute Gasteiger partial charge is 0.119 e. The van der Waals surface area contributed by atoms with Gasteiger partial charge in [-0.25, -0.2) is 0 Å². The van der Waals surface area contributed by atoms with E-state index in [1.165, 1.54) is 12.1 Å². The molecule has 0 spiro atoms. The third-order valence-electron chi connectivity index (χ3n) is 2.80. The topological polar surface area (TPSA) is 24.5 Å². The maximum atomic E-state index is 5.15. The van der Waals surface area contributed by atoms with E-state index in [9.17, 15) is 0 Å². The summed E-state index contributed by atoms with van der Waals surface area (Å²) in [6.45, 7) is 6.49. The van der Waals surface area contributed by atoms with Gasteiger partial charge in [0.15, 0.2) is 0 Å². The van der Waals surface area contributed by atoms with Crippen LogP contribution in [0.5, 0.6) is 5.75 Å². The molecule has 1 aromatic rings. The second kappa shape index (κ2) is 7.17. The Bertz CT molecular complexity index is 311. The number of rotatable bonds is 7. The summed E-state index contributed by atoms with van der Waals surface area (Å²) in [6, 6.07) is 8.67. The Kier molecular flexibility index (Phi) is 5.84. The molecule has 0 radical (unpaired) electrons. The van der Waals surface area contributed by atoms with Crippen molar-refractivity contribution in [2.45, 2.75) is 26.3 Å². The van der Waals surface area contributed by atoms with Crippen molar-refractivity contribution in [3.63, 3.8) is 0 Å². The molecule has 0 saturated carbocycles. The molecule has 0 amide bonds. The maximum Gasteiger partial charge on any atom is 0.119 e. The largest absolute Gasteiger partial charge is 0.497 e. The molecule has 0 aliphatic heterocycles. The van der Waals surface area contributed by atoms with Crippen molar-refractivity contribution in [1.82, 2.24) is 5.32 Å². The lowest BCUT2D eigenvalue weighted by atomic mass is 10.2. The standard InChI is InChI=1S/C14H24N2O/c1-5-10-15-12(2)11-16(3)13-6-8-14(17-4)9-7-13/h6-9,12,15H,5,10-11H2,1-4H3. The molecule has 0 aliphatic rings. The van der Waals surface area contributed by atoms with Gasteiger partial charge in [-0.1, -0.05) is 6.92 Å². The molecule has 0 aromatic heterocycles. The molecule has 0 bridgehead atoms. The molecule has 0 saturated heterocycles. The van der Waals surface area contributed by atoms with E-state index < -0.39 is 0 Å². The molecule has 3 heteroatoms. The normalized spacial score (nSPS) is 12.2. The van der Waals surface area contributed by atoms with Gasteiger partial charge in [-0.15, -0.1) is 0 Å². The highest BCUT2D eigenvalue weighted by atomic mass is 16.5. The minimum absolute atomic E-state index is 0.502. The first-order chi connectivity index (χ1) is 8.17. The van der Waals surface area contributed by atoms with Crippen molar-refractivity contribution in [3.05, 3.63) is 24.3 Å². The van der Waals surface area contributed by atoms with Crippen LogP contribution in [0.1, 0.15) is 20.3 Å². The number of likely N-dealkylation sites (N-methyl/N-ethyl adjacent to an activating group) is 1. The van der Waals surface area contributed by atoms with E-state index in [0.717, 1.165) is 18.8 Å². The van der Waals surface area contributed by atoms with Crippen molar-refractivity contribution >= 4 is 5.69 Å². The van der Waals surface area contributed by atoms with Crippen LogP contribution in [0, 0.1) is 0 Å². The average molecular weight is 236 g/mol. The maximum absolute atomic E-state index is 5.15. The summed E-state index contributed by atoms with van der Waals surface area (Å²) in [7, 11) is 3.81. The highest BCUT2D eigenvalue weighted by molar-refractivity contribution is 5.48. The Morgan fingerprint density at radius 3 is 2.47 bits per heavy atom. The molecule has 3 nitrogen and oxygen atoms in total. The first-order valence-electron chi connectivity index (χ1n) is 6.26. The molecule has 17 heavy (non-hydrogen) atoms. The second-order valence-electron chi connectivity index (χ2n) is 4.43. The molecule has 1 unspecified atom stereocenters. The third kappa shape index (κ3) is 4.65. The number of anilines is 1. The zero-order valence-corrected chi connectivity index (χ0v) is 11.4. The van der Waals surface area contributed by atoms with Crippen molar-refractivity contribution in [2.75, 3.05) is 32.1 Å². The number of hydrogen-bond donors (Lipinski definition) is 1. The zero-order valence-electron chi connectivity index (χ0n) is 11.4. The van der Waals surface area contributed by atoms with Crippen LogP contribution in [0.2, 0.25) is 0 Å². The van der Waals surface area contributed by atoms with Gasteiger partial charge in [-0.3, -0.25) is 0 Å². The van der Waals surface area contributed by atoms with Crippen LogP contribution in [0.25, 0.3) is 0 Å². The van der Waals surface area contributed by atoms with Crippen LogP contribution < -0.4 is 15.0 Å². The predicted molar refractivity (Wildman–Crippen MR) is 74.0 cm³/mol. The summed E-state index contributed by atoms with van der Waals surface area (Å²) in [5.74, 6) is 0.902. The van der Waals surface area contributed by atoms with Gasteiger partial charge in [-0.05, 0) is 44.2 Å². The summed E-state index contributed by atoms with van der Waals surface area (Å²) in [5, 5.41) is 3.49. The fraction of sp³-hybridized carbons (Fsp3) is 0.571. The van der Waals surface area contributed by atoms with Gasteiger partial charge in [0.2, 0.25) is 0 Å². The van der Waals surface area contributed by atoms with E-state index in [0.29, 0.717) is 6.04 Å². The van der Waals surface area contributed by atoms with Crippen molar-refractivity contribution in [1.29, 1.82) is 0 Å². The van der Waals surface area contributed by atoms with Gasteiger partial charge in [0.25, 0.3) is 0 Å². The van der Waals surface area contributed by atoms with E-state index in [1.807, 2.05) is 12.1 Å². The fourth-order valence-electron chi connectivity index (χ4n) is 1.81. The molecule has 1 N–H and O–H groups in total. The average Bonchev–Trinajstić information content (AvgIpc) is 2.36. The van der Waals surface area contributed by atoms with Crippen LogP contribution >= 0.6 is 0 Å². The number of hydrogen-bond acceptors (Lipinski definition) is 3. The van der Waals surface area contributed by atoms with Crippen molar-refractivity contribution in [2.24, 2.45) is 0 Å². The highest BCUT2D eigenvalue weighted by Gasteiger charge is 2.06. The molecule has 1 rings (SSSR count). The van der Waals surface area contributed by atoms with E-state index >= 15 is 0 Å². The van der Waals surface area contributed by atoms with Crippen molar-refractivity contribution < 1.29 is 4.74 Å². The van der Waals surface area contributed by atoms with Crippen LogP contribution in [-0.4, -0.2) is 33.3 Å². The SMILES string of the molecule is CCCNC(C)CN(C)c1ccc(OC)cc1. The summed E-state index contributed by atoms with van der Waals surface area (Å²) in [4.78, 5) is 2.26. The quantitative estimate of drug-likeness (QED) is 0.787. The summed E-state index contributed by atoms with van der Waals surface area (Å²) in [5.41, 5.74) is 1.22.